The minimum absolute atomic E-state index is 0.00548. The molecule has 52 heavy (non-hydrogen) atoms. The summed E-state index contributed by atoms with van der Waals surface area (Å²) >= 11 is 13.5. The SMILES string of the molecule is Cc1c(COc2cc(OCc3cncc(C#N)c3)c(CNC(C)(CO)C(=O)O)cc2Cl)cccc1-c1cccc(OCCCNC[C@H](O)CO)c1Cl. The monoisotopic (exact) mass is 752 g/mol. The van der Waals surface area contributed by atoms with Crippen LogP contribution in [0.4, 0.5) is 0 Å². The van der Waals surface area contributed by atoms with Crippen molar-refractivity contribution in [2.24, 2.45) is 0 Å². The van der Waals surface area contributed by atoms with Crippen molar-refractivity contribution in [3.8, 4) is 34.4 Å². The summed E-state index contributed by atoms with van der Waals surface area (Å²) in [6, 6.07) is 18.4. The molecule has 4 rings (SSSR count). The van der Waals surface area contributed by atoms with Crippen molar-refractivity contribution in [1.29, 1.82) is 5.26 Å². The molecule has 0 aliphatic rings. The molecule has 0 amide bonds. The number of nitrogens with zero attached hydrogens (tertiary/aromatic N) is 2. The summed E-state index contributed by atoms with van der Waals surface area (Å²) in [5.74, 6) is 0.00275. The first-order chi connectivity index (χ1) is 25.0. The van der Waals surface area contributed by atoms with Gasteiger partial charge in [0.25, 0.3) is 0 Å². The molecule has 0 saturated heterocycles. The maximum absolute atomic E-state index is 11.8. The smallest absolute Gasteiger partial charge is 0.326 e. The van der Waals surface area contributed by atoms with E-state index >= 15 is 0 Å². The lowest BCUT2D eigenvalue weighted by molar-refractivity contribution is -0.145. The molecule has 14 heteroatoms. The molecule has 0 saturated carbocycles. The van der Waals surface area contributed by atoms with Gasteiger partial charge in [-0.3, -0.25) is 15.1 Å². The first kappa shape index (κ1) is 40.3. The Labute approximate surface area is 312 Å². The van der Waals surface area contributed by atoms with E-state index in [1.54, 1.807) is 30.5 Å². The summed E-state index contributed by atoms with van der Waals surface area (Å²) in [7, 11) is 0. The van der Waals surface area contributed by atoms with E-state index in [2.05, 4.69) is 15.6 Å². The highest BCUT2D eigenvalue weighted by Gasteiger charge is 2.32. The molecule has 12 nitrogen and oxygen atoms in total. The third-order valence-electron chi connectivity index (χ3n) is 8.32. The van der Waals surface area contributed by atoms with Gasteiger partial charge < -0.3 is 40.0 Å². The number of benzene rings is 3. The number of hydrogen-bond acceptors (Lipinski definition) is 11. The highest BCUT2D eigenvalue weighted by Crippen LogP contribution is 2.38. The standard InChI is InChI=1S/C38H42Cl2N4O8/c1-24-27(6-3-7-30(24)31-8-4-9-33(36(31)40)50-11-5-10-42-19-29(47)20-45)22-52-35-14-34(51-21-26-12-25(15-41)16-43-17-26)28(13-32(35)39)18-44-38(2,23-46)37(48)49/h3-4,6-9,12-14,16-17,29,42,44-47H,5,10-11,18-23H2,1-2H3,(H,48,49)/t29-,38?/m0/s1. The van der Waals surface area contributed by atoms with Crippen molar-refractivity contribution in [3.05, 3.63) is 105 Å². The van der Waals surface area contributed by atoms with Crippen LogP contribution in [0, 0.1) is 18.3 Å². The molecule has 276 valence electrons. The van der Waals surface area contributed by atoms with Crippen LogP contribution in [0.2, 0.25) is 10.0 Å². The first-order valence-corrected chi connectivity index (χ1v) is 17.3. The number of carboxylic acid groups (broad SMARTS) is 1. The van der Waals surface area contributed by atoms with Crippen LogP contribution in [0.5, 0.6) is 17.2 Å². The van der Waals surface area contributed by atoms with E-state index in [1.165, 1.54) is 13.1 Å². The lowest BCUT2D eigenvalue weighted by atomic mass is 9.96. The van der Waals surface area contributed by atoms with Gasteiger partial charge in [0.1, 0.15) is 42.1 Å². The molecule has 0 bridgehead atoms. The summed E-state index contributed by atoms with van der Waals surface area (Å²) in [6.07, 6.45) is 2.90. The second-order valence-corrected chi connectivity index (χ2v) is 13.0. The van der Waals surface area contributed by atoms with Crippen molar-refractivity contribution < 1.29 is 39.4 Å². The van der Waals surface area contributed by atoms with Gasteiger partial charge in [0.15, 0.2) is 0 Å². The molecule has 1 unspecified atom stereocenters. The van der Waals surface area contributed by atoms with E-state index in [-0.39, 0.29) is 31.4 Å². The molecule has 0 aliphatic heterocycles. The zero-order valence-corrected chi connectivity index (χ0v) is 30.4. The normalized spacial score (nSPS) is 12.8. The van der Waals surface area contributed by atoms with Crippen molar-refractivity contribution in [3.63, 3.8) is 0 Å². The second-order valence-electron chi connectivity index (χ2n) is 12.3. The number of aliphatic hydroxyl groups is 3. The Kier molecular flexibility index (Phi) is 15.0. The molecule has 6 N–H and O–H groups in total. The number of rotatable bonds is 20. The fourth-order valence-corrected chi connectivity index (χ4v) is 5.59. The predicted octanol–water partition coefficient (Wildman–Crippen LogP) is 5.03. The first-order valence-electron chi connectivity index (χ1n) is 16.5. The number of halogens is 2. The summed E-state index contributed by atoms with van der Waals surface area (Å²) in [6.45, 7) is 3.93. The molecular formula is C38H42Cl2N4O8. The number of aliphatic hydroxyl groups excluding tert-OH is 3. The van der Waals surface area contributed by atoms with E-state index in [1.807, 2.05) is 43.3 Å². The number of aromatic nitrogens is 1. The Morgan fingerprint density at radius 1 is 0.981 bits per heavy atom. The molecule has 3 aromatic carbocycles. The van der Waals surface area contributed by atoms with Crippen LogP contribution >= 0.6 is 23.2 Å². The van der Waals surface area contributed by atoms with Gasteiger partial charge in [0.2, 0.25) is 0 Å². The molecule has 4 aromatic rings. The minimum Gasteiger partial charge on any atom is -0.492 e. The predicted molar refractivity (Wildman–Crippen MR) is 197 cm³/mol. The lowest BCUT2D eigenvalue weighted by Crippen LogP contribution is -2.52. The number of carbonyl (C=O) groups is 1. The fraction of sp³-hybridized carbons (Fsp3) is 0.342. The van der Waals surface area contributed by atoms with Crippen molar-refractivity contribution >= 4 is 29.2 Å². The Morgan fingerprint density at radius 2 is 1.73 bits per heavy atom. The van der Waals surface area contributed by atoms with Gasteiger partial charge in [-0.1, -0.05) is 53.5 Å². The number of ether oxygens (including phenoxy) is 3. The highest BCUT2D eigenvalue weighted by molar-refractivity contribution is 6.35. The third-order valence-corrected chi connectivity index (χ3v) is 9.00. The lowest BCUT2D eigenvalue weighted by Gasteiger charge is -2.25. The van der Waals surface area contributed by atoms with Gasteiger partial charge in [-0.15, -0.1) is 0 Å². The van der Waals surface area contributed by atoms with Gasteiger partial charge in [0.05, 0.1) is 41.5 Å². The van der Waals surface area contributed by atoms with Crippen LogP contribution in [0.3, 0.4) is 0 Å². The Hall–Kier alpha value is -4.45. The van der Waals surface area contributed by atoms with E-state index < -0.39 is 24.2 Å². The topological polar surface area (TPSA) is 186 Å². The molecule has 2 atom stereocenters. The van der Waals surface area contributed by atoms with Gasteiger partial charge >= 0.3 is 5.97 Å². The molecular weight excluding hydrogens is 711 g/mol. The van der Waals surface area contributed by atoms with Crippen LogP contribution < -0.4 is 24.8 Å². The Morgan fingerprint density at radius 3 is 2.46 bits per heavy atom. The Balaban J connectivity index is 1.52. The van der Waals surface area contributed by atoms with Crippen LogP contribution in [0.15, 0.2) is 67.0 Å². The number of aliphatic carboxylic acids is 1. The maximum Gasteiger partial charge on any atom is 0.326 e. The Bertz CT molecular complexity index is 1870. The van der Waals surface area contributed by atoms with E-state index in [0.717, 1.165) is 22.3 Å². The summed E-state index contributed by atoms with van der Waals surface area (Å²) in [5.41, 5.74) is 3.43. The average molecular weight is 754 g/mol. The molecule has 1 aromatic heterocycles. The minimum atomic E-state index is -1.61. The summed E-state index contributed by atoms with van der Waals surface area (Å²) in [5, 5.41) is 53.6. The number of hydrogen-bond donors (Lipinski definition) is 6. The zero-order valence-electron chi connectivity index (χ0n) is 28.9. The van der Waals surface area contributed by atoms with Gasteiger partial charge in [0, 0.05) is 48.2 Å². The van der Waals surface area contributed by atoms with Gasteiger partial charge in [-0.2, -0.15) is 5.26 Å². The van der Waals surface area contributed by atoms with Gasteiger partial charge in [-0.05, 0) is 61.7 Å². The van der Waals surface area contributed by atoms with Crippen molar-refractivity contribution in [2.45, 2.75) is 51.7 Å². The van der Waals surface area contributed by atoms with Crippen LogP contribution in [0.25, 0.3) is 11.1 Å². The van der Waals surface area contributed by atoms with Gasteiger partial charge in [-0.25, -0.2) is 0 Å². The van der Waals surface area contributed by atoms with Crippen molar-refractivity contribution in [1.82, 2.24) is 15.6 Å². The summed E-state index contributed by atoms with van der Waals surface area (Å²) < 4.78 is 18.3. The molecule has 0 aliphatic carbocycles. The number of carboxylic acids is 1. The molecule has 0 spiro atoms. The molecule has 1 heterocycles. The zero-order chi connectivity index (χ0) is 37.7. The maximum atomic E-state index is 11.8. The fourth-order valence-electron chi connectivity index (χ4n) is 5.07. The summed E-state index contributed by atoms with van der Waals surface area (Å²) in [4.78, 5) is 15.9. The van der Waals surface area contributed by atoms with Crippen LogP contribution in [0.1, 0.15) is 41.2 Å². The van der Waals surface area contributed by atoms with Crippen molar-refractivity contribution in [2.75, 3.05) is 32.9 Å². The highest BCUT2D eigenvalue weighted by atomic mass is 35.5. The van der Waals surface area contributed by atoms with E-state index in [4.69, 9.17) is 42.5 Å². The van der Waals surface area contributed by atoms with E-state index in [9.17, 15) is 25.4 Å². The average Bonchev–Trinajstić information content (AvgIpc) is 3.15. The molecule has 0 fully saturated rings. The number of nitriles is 1. The quantitative estimate of drug-likeness (QED) is 0.0663. The second kappa shape index (κ2) is 19.4. The van der Waals surface area contributed by atoms with Crippen LogP contribution in [-0.4, -0.2) is 75.9 Å². The van der Waals surface area contributed by atoms with E-state index in [0.29, 0.717) is 65.1 Å². The number of nitrogens with one attached hydrogen (secondary N) is 2. The third kappa shape index (κ3) is 10.8. The van der Waals surface area contributed by atoms with Crippen LogP contribution in [-0.2, 0) is 24.6 Å². The largest absolute Gasteiger partial charge is 0.492 e. The number of pyridine rings is 1. The molecule has 0 radical (unpaired) electrons.